The van der Waals surface area contributed by atoms with Gasteiger partial charge in [0, 0.05) is 23.7 Å². The molecular formula is C17H18N4O2. The molecule has 0 radical (unpaired) electrons. The first-order valence-electron chi connectivity index (χ1n) is 7.47. The molecule has 23 heavy (non-hydrogen) atoms. The summed E-state index contributed by atoms with van der Waals surface area (Å²) in [6.07, 6.45) is 2.30. The fourth-order valence-electron chi connectivity index (χ4n) is 2.95. The van der Waals surface area contributed by atoms with Gasteiger partial charge in [0.25, 0.3) is 0 Å². The van der Waals surface area contributed by atoms with Gasteiger partial charge >= 0.3 is 5.97 Å². The lowest BCUT2D eigenvalue weighted by Gasteiger charge is -2.10. The Morgan fingerprint density at radius 1 is 1.22 bits per heavy atom. The molecule has 0 amide bonds. The van der Waals surface area contributed by atoms with Gasteiger partial charge in [0.2, 0.25) is 0 Å². The molecule has 3 heterocycles. The molecule has 6 heteroatoms. The van der Waals surface area contributed by atoms with Gasteiger partial charge in [0.15, 0.2) is 11.5 Å². The first-order chi connectivity index (χ1) is 11.0. The minimum Gasteiger partial charge on any atom is -0.481 e. The highest BCUT2D eigenvalue weighted by Gasteiger charge is 2.18. The van der Waals surface area contributed by atoms with Crippen molar-refractivity contribution < 1.29 is 9.90 Å². The van der Waals surface area contributed by atoms with E-state index in [1.807, 2.05) is 39.0 Å². The lowest BCUT2D eigenvalue weighted by atomic mass is 9.99. The van der Waals surface area contributed by atoms with E-state index >= 15 is 0 Å². The van der Waals surface area contributed by atoms with Crippen molar-refractivity contribution in [2.24, 2.45) is 0 Å². The number of hydrogen-bond donors (Lipinski definition) is 1. The molecule has 1 N–H and O–H groups in total. The van der Waals surface area contributed by atoms with Gasteiger partial charge in [-0.15, -0.1) is 0 Å². The fourth-order valence-corrected chi connectivity index (χ4v) is 2.95. The third-order valence-corrected chi connectivity index (χ3v) is 4.03. The molecular weight excluding hydrogens is 292 g/mol. The van der Waals surface area contributed by atoms with Gasteiger partial charge in [0.1, 0.15) is 0 Å². The summed E-state index contributed by atoms with van der Waals surface area (Å²) in [5.41, 5.74) is 4.51. The van der Waals surface area contributed by atoms with E-state index in [1.54, 1.807) is 10.9 Å². The van der Waals surface area contributed by atoms with Crippen molar-refractivity contribution in [1.29, 1.82) is 0 Å². The second-order valence-electron chi connectivity index (χ2n) is 5.58. The molecule has 0 aliphatic heterocycles. The van der Waals surface area contributed by atoms with Crippen LogP contribution >= 0.6 is 0 Å². The van der Waals surface area contributed by atoms with Crippen LogP contribution in [0.4, 0.5) is 0 Å². The number of hydrogen-bond acceptors (Lipinski definition) is 4. The molecule has 6 nitrogen and oxygen atoms in total. The zero-order valence-electron chi connectivity index (χ0n) is 13.4. The van der Waals surface area contributed by atoms with E-state index in [0.29, 0.717) is 6.42 Å². The molecule has 118 valence electrons. The van der Waals surface area contributed by atoms with Crippen LogP contribution in [0, 0.1) is 20.8 Å². The SMILES string of the molecule is Cc1nc2c(c(C)nn2-c2ccccn2)c(C)c1CCC(=O)O. The van der Waals surface area contributed by atoms with E-state index in [1.165, 1.54) is 0 Å². The van der Waals surface area contributed by atoms with Gasteiger partial charge in [-0.2, -0.15) is 9.78 Å². The highest BCUT2D eigenvalue weighted by molar-refractivity contribution is 5.84. The highest BCUT2D eigenvalue weighted by Crippen LogP contribution is 2.27. The Morgan fingerprint density at radius 3 is 2.65 bits per heavy atom. The third-order valence-electron chi connectivity index (χ3n) is 4.03. The molecule has 0 saturated heterocycles. The summed E-state index contributed by atoms with van der Waals surface area (Å²) in [6.45, 7) is 5.85. The molecule has 0 unspecified atom stereocenters. The number of aliphatic carboxylic acids is 1. The molecule has 0 aromatic carbocycles. The number of rotatable bonds is 4. The van der Waals surface area contributed by atoms with Crippen LogP contribution in [0.5, 0.6) is 0 Å². The standard InChI is InChI=1S/C17H18N4O2/c1-10-13(7-8-15(22)23)11(2)19-17-16(10)12(3)20-21(17)14-6-4-5-9-18-14/h4-6,9H,7-8H2,1-3H3,(H,22,23). The van der Waals surface area contributed by atoms with Crippen molar-refractivity contribution in [3.63, 3.8) is 0 Å². The van der Waals surface area contributed by atoms with Crippen molar-refractivity contribution in [3.05, 3.63) is 46.9 Å². The van der Waals surface area contributed by atoms with Crippen molar-refractivity contribution in [2.75, 3.05) is 0 Å². The summed E-state index contributed by atoms with van der Waals surface area (Å²) in [5.74, 6) is -0.0833. The fraction of sp³-hybridized carbons (Fsp3) is 0.294. The van der Waals surface area contributed by atoms with Crippen LogP contribution < -0.4 is 0 Å². The molecule has 0 spiro atoms. The number of aromatic nitrogens is 4. The molecule has 0 aliphatic carbocycles. The number of fused-ring (bicyclic) bond motifs is 1. The van der Waals surface area contributed by atoms with Crippen LogP contribution in [-0.4, -0.2) is 30.8 Å². The molecule has 3 aromatic rings. The second-order valence-corrected chi connectivity index (χ2v) is 5.58. The zero-order chi connectivity index (χ0) is 16.6. The minimum absolute atomic E-state index is 0.0995. The number of carboxylic acid groups (broad SMARTS) is 1. The molecule has 3 rings (SSSR count). The number of pyridine rings is 2. The number of carbonyl (C=O) groups is 1. The van der Waals surface area contributed by atoms with E-state index < -0.39 is 5.97 Å². The normalized spacial score (nSPS) is 11.1. The topological polar surface area (TPSA) is 80.9 Å². The third kappa shape index (κ3) is 2.67. The van der Waals surface area contributed by atoms with Crippen molar-refractivity contribution in [2.45, 2.75) is 33.6 Å². The second kappa shape index (κ2) is 5.79. The maximum absolute atomic E-state index is 10.9. The average Bonchev–Trinajstić information content (AvgIpc) is 2.84. The van der Waals surface area contributed by atoms with E-state index in [9.17, 15) is 4.79 Å². The minimum atomic E-state index is -0.801. The van der Waals surface area contributed by atoms with Gasteiger partial charge in [-0.05, 0) is 50.5 Å². The van der Waals surface area contributed by atoms with Crippen LogP contribution in [0.3, 0.4) is 0 Å². The number of carboxylic acids is 1. The molecule has 0 aliphatic rings. The Labute approximate surface area is 133 Å². The van der Waals surface area contributed by atoms with Crippen LogP contribution in [0.25, 0.3) is 16.9 Å². The van der Waals surface area contributed by atoms with Crippen LogP contribution in [-0.2, 0) is 11.2 Å². The average molecular weight is 310 g/mol. The number of nitrogens with zero attached hydrogens (tertiary/aromatic N) is 4. The van der Waals surface area contributed by atoms with Crippen molar-refractivity contribution >= 4 is 17.0 Å². The molecule has 3 aromatic heterocycles. The Hall–Kier alpha value is -2.76. The largest absolute Gasteiger partial charge is 0.481 e. The van der Waals surface area contributed by atoms with Crippen LogP contribution in [0.15, 0.2) is 24.4 Å². The predicted octanol–water partition coefficient (Wildman–Crippen LogP) is 2.76. The van der Waals surface area contributed by atoms with Crippen LogP contribution in [0.1, 0.15) is 28.9 Å². The first-order valence-corrected chi connectivity index (χ1v) is 7.47. The van der Waals surface area contributed by atoms with E-state index in [0.717, 1.165) is 39.4 Å². The molecule has 0 fully saturated rings. The van der Waals surface area contributed by atoms with E-state index in [2.05, 4.69) is 15.1 Å². The Kier molecular flexibility index (Phi) is 3.82. The zero-order valence-corrected chi connectivity index (χ0v) is 13.4. The molecule has 0 saturated carbocycles. The van der Waals surface area contributed by atoms with E-state index in [4.69, 9.17) is 5.11 Å². The summed E-state index contributed by atoms with van der Waals surface area (Å²) >= 11 is 0. The Bertz CT molecular complexity index is 885. The Morgan fingerprint density at radius 2 is 2.00 bits per heavy atom. The lowest BCUT2D eigenvalue weighted by Crippen LogP contribution is -2.05. The summed E-state index contributed by atoms with van der Waals surface area (Å²) in [6, 6.07) is 5.65. The lowest BCUT2D eigenvalue weighted by molar-refractivity contribution is -0.136. The van der Waals surface area contributed by atoms with Crippen molar-refractivity contribution in [3.8, 4) is 5.82 Å². The molecule has 0 atom stereocenters. The van der Waals surface area contributed by atoms with E-state index in [-0.39, 0.29) is 6.42 Å². The summed E-state index contributed by atoms with van der Waals surface area (Å²) < 4.78 is 1.74. The first kappa shape index (κ1) is 15.1. The molecule has 0 bridgehead atoms. The van der Waals surface area contributed by atoms with Crippen molar-refractivity contribution in [1.82, 2.24) is 19.7 Å². The maximum Gasteiger partial charge on any atom is 0.303 e. The predicted molar refractivity (Wildman–Crippen MR) is 86.8 cm³/mol. The van der Waals surface area contributed by atoms with Gasteiger partial charge in [0.05, 0.1) is 5.69 Å². The van der Waals surface area contributed by atoms with Crippen LogP contribution in [0.2, 0.25) is 0 Å². The van der Waals surface area contributed by atoms with Gasteiger partial charge in [-0.3, -0.25) is 4.79 Å². The maximum atomic E-state index is 10.9. The summed E-state index contributed by atoms with van der Waals surface area (Å²) in [5, 5.41) is 14.5. The van der Waals surface area contributed by atoms with Gasteiger partial charge in [-0.25, -0.2) is 9.97 Å². The smallest absolute Gasteiger partial charge is 0.303 e. The monoisotopic (exact) mass is 310 g/mol. The van der Waals surface area contributed by atoms with Gasteiger partial charge in [-0.1, -0.05) is 6.07 Å². The van der Waals surface area contributed by atoms with Gasteiger partial charge < -0.3 is 5.11 Å². The number of aryl methyl sites for hydroxylation is 3. The quantitative estimate of drug-likeness (QED) is 0.801. The summed E-state index contributed by atoms with van der Waals surface area (Å²) in [7, 11) is 0. The summed E-state index contributed by atoms with van der Waals surface area (Å²) in [4.78, 5) is 19.9. The highest BCUT2D eigenvalue weighted by atomic mass is 16.4. The Balaban J connectivity index is 2.20.